The van der Waals surface area contributed by atoms with Gasteiger partial charge in [-0.05, 0) is 35.5 Å². The topological polar surface area (TPSA) is 129 Å². The average molecular weight is 393 g/mol. The molecule has 0 aliphatic carbocycles. The van der Waals surface area contributed by atoms with Crippen molar-refractivity contribution >= 4 is 17.6 Å². The highest BCUT2D eigenvalue weighted by molar-refractivity contribution is 6.30. The van der Waals surface area contributed by atoms with E-state index in [4.69, 9.17) is 27.2 Å². The number of nitrogens with zero attached hydrogens (tertiary/aromatic N) is 5. The molecule has 2 aromatic heterocycles. The fraction of sp³-hybridized carbons (Fsp3) is 0.188. The Morgan fingerprint density at radius 3 is 2.78 bits per heavy atom. The van der Waals surface area contributed by atoms with Crippen molar-refractivity contribution in [1.82, 2.24) is 25.2 Å². The van der Waals surface area contributed by atoms with Gasteiger partial charge in [0.25, 0.3) is 5.88 Å². The molecule has 1 aromatic carbocycles. The van der Waals surface area contributed by atoms with Crippen LogP contribution >= 0.6 is 11.6 Å². The molecule has 11 heteroatoms. The van der Waals surface area contributed by atoms with Crippen LogP contribution in [0.25, 0.3) is 11.4 Å². The van der Waals surface area contributed by atoms with Crippen LogP contribution in [0.1, 0.15) is 6.42 Å². The zero-order valence-electron chi connectivity index (χ0n) is 13.8. The molecule has 0 radical (unpaired) electrons. The molecule has 3 N–H and O–H groups in total. The van der Waals surface area contributed by atoms with Gasteiger partial charge in [0.05, 0.1) is 18.0 Å². The van der Waals surface area contributed by atoms with E-state index in [0.29, 0.717) is 17.1 Å². The van der Waals surface area contributed by atoms with E-state index in [0.717, 1.165) is 6.07 Å². The molecule has 0 amide bonds. The van der Waals surface area contributed by atoms with Crippen molar-refractivity contribution in [1.29, 1.82) is 0 Å². The van der Waals surface area contributed by atoms with Crippen LogP contribution in [0.3, 0.4) is 0 Å². The SMILES string of the molecule is N[C@@H](CC(=O)O)Cn1nnc(-c2ccc(Oc3ncc(Cl)cc3F)cc2)n1. The van der Waals surface area contributed by atoms with Crippen molar-refractivity contribution in [2.24, 2.45) is 5.73 Å². The smallest absolute Gasteiger partial charge is 0.304 e. The fourth-order valence-electron chi connectivity index (χ4n) is 2.20. The summed E-state index contributed by atoms with van der Waals surface area (Å²) in [7, 11) is 0. The highest BCUT2D eigenvalue weighted by atomic mass is 35.5. The standard InChI is InChI=1S/C16H14ClFN6O3/c17-10-5-13(18)16(20-7-10)27-12-3-1-9(2-4-12)15-21-23-24(22-15)8-11(19)6-14(25)26/h1-5,7,11H,6,8,19H2,(H,25,26)/t11-/m0/s1. The second-order valence-corrected chi connectivity index (χ2v) is 6.03. The van der Waals surface area contributed by atoms with Crippen LogP contribution in [0.4, 0.5) is 4.39 Å². The van der Waals surface area contributed by atoms with Crippen molar-refractivity contribution in [3.05, 3.63) is 47.4 Å². The van der Waals surface area contributed by atoms with Gasteiger partial charge in [-0.1, -0.05) is 11.6 Å². The molecule has 27 heavy (non-hydrogen) atoms. The van der Waals surface area contributed by atoms with Gasteiger partial charge in [-0.25, -0.2) is 9.37 Å². The normalized spacial score (nSPS) is 12.0. The van der Waals surface area contributed by atoms with Crippen LogP contribution in [0.2, 0.25) is 5.02 Å². The predicted molar refractivity (Wildman–Crippen MR) is 92.8 cm³/mol. The van der Waals surface area contributed by atoms with Gasteiger partial charge in [-0.3, -0.25) is 4.79 Å². The number of hydrogen-bond donors (Lipinski definition) is 2. The van der Waals surface area contributed by atoms with E-state index in [1.54, 1.807) is 24.3 Å². The summed E-state index contributed by atoms with van der Waals surface area (Å²) in [6, 6.07) is 7.02. The molecule has 140 valence electrons. The van der Waals surface area contributed by atoms with Crippen LogP contribution in [-0.2, 0) is 11.3 Å². The van der Waals surface area contributed by atoms with Gasteiger partial charge in [0.1, 0.15) is 5.75 Å². The number of halogens is 2. The lowest BCUT2D eigenvalue weighted by Gasteiger charge is -2.06. The van der Waals surface area contributed by atoms with Crippen LogP contribution in [0, 0.1) is 5.82 Å². The molecule has 0 aliphatic rings. The average Bonchev–Trinajstić information content (AvgIpc) is 3.05. The van der Waals surface area contributed by atoms with Crippen LogP contribution in [0.15, 0.2) is 36.5 Å². The van der Waals surface area contributed by atoms with Crippen molar-refractivity contribution < 1.29 is 19.0 Å². The number of benzene rings is 1. The summed E-state index contributed by atoms with van der Waals surface area (Å²) in [5.74, 6) is -1.16. The first-order chi connectivity index (χ1) is 12.9. The van der Waals surface area contributed by atoms with Gasteiger partial charge < -0.3 is 15.6 Å². The van der Waals surface area contributed by atoms with Gasteiger partial charge in [0.15, 0.2) is 5.82 Å². The minimum absolute atomic E-state index is 0.127. The third kappa shape index (κ3) is 4.96. The molecule has 1 atom stereocenters. The summed E-state index contributed by atoms with van der Waals surface area (Å²) in [6.07, 6.45) is 1.09. The highest BCUT2D eigenvalue weighted by Gasteiger charge is 2.13. The van der Waals surface area contributed by atoms with Crippen molar-refractivity contribution in [2.45, 2.75) is 19.0 Å². The first-order valence-corrected chi connectivity index (χ1v) is 8.13. The third-order valence-corrected chi connectivity index (χ3v) is 3.60. The van der Waals surface area contributed by atoms with Gasteiger partial charge in [0, 0.05) is 17.8 Å². The Bertz CT molecular complexity index is 950. The molecule has 0 fully saturated rings. The van der Waals surface area contributed by atoms with E-state index >= 15 is 0 Å². The second kappa shape index (κ2) is 8.06. The summed E-state index contributed by atoms with van der Waals surface area (Å²) >= 11 is 5.65. The van der Waals surface area contributed by atoms with E-state index in [2.05, 4.69) is 20.4 Å². The van der Waals surface area contributed by atoms with Gasteiger partial charge in [-0.15, -0.1) is 10.2 Å². The van der Waals surface area contributed by atoms with Crippen molar-refractivity contribution in [3.8, 4) is 23.0 Å². The monoisotopic (exact) mass is 392 g/mol. The van der Waals surface area contributed by atoms with Gasteiger partial charge in [-0.2, -0.15) is 4.80 Å². The number of carboxylic acids is 1. The predicted octanol–water partition coefficient (Wildman–Crippen LogP) is 2.12. The lowest BCUT2D eigenvalue weighted by atomic mass is 10.2. The first-order valence-electron chi connectivity index (χ1n) is 7.75. The number of tetrazole rings is 1. The third-order valence-electron chi connectivity index (χ3n) is 3.39. The van der Waals surface area contributed by atoms with E-state index in [9.17, 15) is 9.18 Å². The largest absolute Gasteiger partial charge is 0.481 e. The Balaban J connectivity index is 1.67. The lowest BCUT2D eigenvalue weighted by Crippen LogP contribution is -2.30. The van der Waals surface area contributed by atoms with Crippen molar-refractivity contribution in [3.63, 3.8) is 0 Å². The number of aliphatic carboxylic acids is 1. The first kappa shape index (κ1) is 18.7. The Morgan fingerprint density at radius 2 is 2.11 bits per heavy atom. The number of hydrogen-bond acceptors (Lipinski definition) is 7. The second-order valence-electron chi connectivity index (χ2n) is 5.59. The minimum atomic E-state index is -0.995. The summed E-state index contributed by atoms with van der Waals surface area (Å²) in [4.78, 5) is 15.7. The number of carbonyl (C=O) groups is 1. The van der Waals surface area contributed by atoms with E-state index in [1.807, 2.05) is 0 Å². The summed E-state index contributed by atoms with van der Waals surface area (Å²) < 4.78 is 19.1. The molecule has 2 heterocycles. The van der Waals surface area contributed by atoms with Crippen LogP contribution in [-0.4, -0.2) is 42.3 Å². The van der Waals surface area contributed by atoms with E-state index in [1.165, 1.54) is 11.0 Å². The summed E-state index contributed by atoms with van der Waals surface area (Å²) in [5, 5.41) is 20.8. The molecular formula is C16H14ClFN6O3. The number of nitrogens with two attached hydrogens (primary N) is 1. The number of rotatable bonds is 7. The Kier molecular flexibility index (Phi) is 5.57. The van der Waals surface area contributed by atoms with Crippen molar-refractivity contribution in [2.75, 3.05) is 0 Å². The molecule has 3 aromatic rings. The van der Waals surface area contributed by atoms with Gasteiger partial charge >= 0.3 is 5.97 Å². The van der Waals surface area contributed by atoms with E-state index < -0.39 is 17.8 Å². The van der Waals surface area contributed by atoms with Crippen LogP contribution < -0.4 is 10.5 Å². The molecule has 0 unspecified atom stereocenters. The summed E-state index contributed by atoms with van der Waals surface area (Å²) in [6.45, 7) is 0.127. The maximum atomic E-state index is 13.7. The fourth-order valence-corrected chi connectivity index (χ4v) is 2.34. The van der Waals surface area contributed by atoms with E-state index in [-0.39, 0.29) is 23.9 Å². The quantitative estimate of drug-likeness (QED) is 0.625. The number of carboxylic acid groups (broad SMARTS) is 1. The Hall–Kier alpha value is -3.11. The Morgan fingerprint density at radius 1 is 1.37 bits per heavy atom. The molecule has 3 rings (SSSR count). The number of pyridine rings is 1. The summed E-state index contributed by atoms with van der Waals surface area (Å²) in [5.41, 5.74) is 6.34. The number of aromatic nitrogens is 5. The molecule has 0 saturated heterocycles. The zero-order chi connectivity index (χ0) is 19.4. The maximum absolute atomic E-state index is 13.7. The maximum Gasteiger partial charge on any atom is 0.304 e. The minimum Gasteiger partial charge on any atom is -0.481 e. The molecule has 0 saturated carbocycles. The van der Waals surface area contributed by atoms with Crippen LogP contribution in [0.5, 0.6) is 11.6 Å². The molecule has 0 spiro atoms. The molecule has 0 bridgehead atoms. The zero-order valence-corrected chi connectivity index (χ0v) is 14.5. The lowest BCUT2D eigenvalue weighted by molar-refractivity contribution is -0.137. The Labute approximate surface area is 157 Å². The molecule has 0 aliphatic heterocycles. The van der Waals surface area contributed by atoms with Gasteiger partial charge in [0.2, 0.25) is 5.82 Å². The highest BCUT2D eigenvalue weighted by Crippen LogP contribution is 2.25. The molecular weight excluding hydrogens is 379 g/mol. The number of ether oxygens (including phenoxy) is 1. The molecule has 9 nitrogen and oxygen atoms in total.